The van der Waals surface area contributed by atoms with Crippen LogP contribution in [0.1, 0.15) is 44.7 Å². The Balaban J connectivity index is 2.78. The molecule has 1 rings (SSSR count). The highest BCUT2D eigenvalue weighted by Gasteiger charge is 2.11. The van der Waals surface area contributed by atoms with Crippen molar-refractivity contribution in [1.29, 1.82) is 0 Å². The summed E-state index contributed by atoms with van der Waals surface area (Å²) in [4.78, 5) is 0. The van der Waals surface area contributed by atoms with Crippen LogP contribution < -0.4 is 5.32 Å². The maximum Gasteiger partial charge on any atom is 0.142 e. The molecular weight excluding hydrogens is 225 g/mol. The molecule has 1 aromatic carbocycles. The summed E-state index contributed by atoms with van der Waals surface area (Å²) in [5, 5.41) is 3.56. The molecule has 16 heavy (non-hydrogen) atoms. The highest BCUT2D eigenvalue weighted by Crippen LogP contribution is 2.23. The first-order valence-electron chi connectivity index (χ1n) is 5.87. The minimum Gasteiger partial charge on any atom is -0.310 e. The van der Waals surface area contributed by atoms with Gasteiger partial charge in [0.25, 0.3) is 0 Å². The zero-order chi connectivity index (χ0) is 12.0. The first-order valence-corrected chi connectivity index (χ1v) is 6.25. The topological polar surface area (TPSA) is 12.0 Å². The van der Waals surface area contributed by atoms with Crippen LogP contribution in [0, 0.1) is 5.82 Å². The lowest BCUT2D eigenvalue weighted by Crippen LogP contribution is -2.20. The van der Waals surface area contributed by atoms with Crippen molar-refractivity contribution >= 4 is 11.6 Å². The van der Waals surface area contributed by atoms with Crippen molar-refractivity contribution in [2.75, 3.05) is 6.54 Å². The lowest BCUT2D eigenvalue weighted by molar-refractivity contribution is 0.491. The van der Waals surface area contributed by atoms with Crippen LogP contribution in [0.2, 0.25) is 5.02 Å². The van der Waals surface area contributed by atoms with Crippen LogP contribution in [0.3, 0.4) is 0 Å². The summed E-state index contributed by atoms with van der Waals surface area (Å²) in [5.41, 5.74) is 0.984. The number of halogens is 2. The largest absolute Gasteiger partial charge is 0.310 e. The molecule has 0 bridgehead atoms. The third-order valence-corrected chi connectivity index (χ3v) is 2.95. The van der Waals surface area contributed by atoms with Gasteiger partial charge in [-0.05, 0) is 30.7 Å². The summed E-state index contributed by atoms with van der Waals surface area (Å²) >= 11 is 5.67. The standard InChI is InChI=1S/C13H19ClFN/c1-3-5-6-13(16-4-2)10-7-8-11(14)12(15)9-10/h7-9,13,16H,3-6H2,1-2H3. The van der Waals surface area contributed by atoms with Gasteiger partial charge < -0.3 is 5.32 Å². The predicted octanol–water partition coefficient (Wildman–Crippen LogP) is 4.32. The number of unbranched alkanes of at least 4 members (excludes halogenated alkanes) is 1. The van der Waals surface area contributed by atoms with Crippen LogP contribution in [0.15, 0.2) is 18.2 Å². The van der Waals surface area contributed by atoms with Gasteiger partial charge in [0.1, 0.15) is 5.82 Å². The molecule has 1 atom stereocenters. The van der Waals surface area contributed by atoms with E-state index < -0.39 is 0 Å². The van der Waals surface area contributed by atoms with Crippen molar-refractivity contribution < 1.29 is 4.39 Å². The summed E-state index contributed by atoms with van der Waals surface area (Å²) in [7, 11) is 0. The van der Waals surface area contributed by atoms with Crippen molar-refractivity contribution in [2.45, 2.75) is 39.2 Å². The van der Waals surface area contributed by atoms with Gasteiger partial charge in [0.15, 0.2) is 0 Å². The fraction of sp³-hybridized carbons (Fsp3) is 0.538. The predicted molar refractivity (Wildman–Crippen MR) is 67.4 cm³/mol. The highest BCUT2D eigenvalue weighted by molar-refractivity contribution is 6.30. The molecule has 1 nitrogen and oxygen atoms in total. The Morgan fingerprint density at radius 3 is 2.69 bits per heavy atom. The van der Waals surface area contributed by atoms with Crippen molar-refractivity contribution in [3.63, 3.8) is 0 Å². The SMILES string of the molecule is CCCCC(NCC)c1ccc(Cl)c(F)c1. The Hall–Kier alpha value is -0.600. The van der Waals surface area contributed by atoms with Gasteiger partial charge in [-0.25, -0.2) is 4.39 Å². The molecule has 0 aliphatic carbocycles. The highest BCUT2D eigenvalue weighted by atomic mass is 35.5. The lowest BCUT2D eigenvalue weighted by Gasteiger charge is -2.18. The maximum atomic E-state index is 13.3. The summed E-state index contributed by atoms with van der Waals surface area (Å²) in [5.74, 6) is -0.335. The van der Waals surface area contributed by atoms with Crippen LogP contribution in [-0.2, 0) is 0 Å². The molecule has 0 amide bonds. The van der Waals surface area contributed by atoms with E-state index in [4.69, 9.17) is 11.6 Å². The van der Waals surface area contributed by atoms with Crippen LogP contribution in [0.5, 0.6) is 0 Å². The number of rotatable bonds is 6. The van der Waals surface area contributed by atoms with Crippen molar-refractivity contribution in [1.82, 2.24) is 5.32 Å². The van der Waals surface area contributed by atoms with E-state index in [1.54, 1.807) is 6.07 Å². The summed E-state index contributed by atoms with van der Waals surface area (Å²) in [6, 6.07) is 5.29. The average Bonchev–Trinajstić information content (AvgIpc) is 2.28. The van der Waals surface area contributed by atoms with Crippen LogP contribution in [0.4, 0.5) is 4.39 Å². The van der Waals surface area contributed by atoms with E-state index >= 15 is 0 Å². The minimum absolute atomic E-state index is 0.189. The van der Waals surface area contributed by atoms with E-state index in [1.807, 2.05) is 6.07 Å². The molecule has 0 aliphatic rings. The quantitative estimate of drug-likeness (QED) is 0.785. The van der Waals surface area contributed by atoms with Gasteiger partial charge in [-0.3, -0.25) is 0 Å². The molecule has 0 radical (unpaired) electrons. The summed E-state index contributed by atoms with van der Waals surface area (Å²) in [6.45, 7) is 5.11. The minimum atomic E-state index is -0.335. The van der Waals surface area contributed by atoms with E-state index in [0.717, 1.165) is 31.4 Å². The first-order chi connectivity index (χ1) is 7.69. The van der Waals surface area contributed by atoms with Crippen LogP contribution in [-0.4, -0.2) is 6.54 Å². The van der Waals surface area contributed by atoms with Gasteiger partial charge >= 0.3 is 0 Å². The second kappa shape index (κ2) is 6.87. The first kappa shape index (κ1) is 13.5. The van der Waals surface area contributed by atoms with Crippen molar-refractivity contribution in [2.24, 2.45) is 0 Å². The molecule has 0 spiro atoms. The molecule has 0 fully saturated rings. The Morgan fingerprint density at radius 2 is 2.12 bits per heavy atom. The maximum absolute atomic E-state index is 13.3. The van der Waals surface area contributed by atoms with Gasteiger partial charge in [0.05, 0.1) is 5.02 Å². The molecule has 0 saturated carbocycles. The molecular formula is C13H19ClFN. The van der Waals surface area contributed by atoms with Crippen LogP contribution in [0.25, 0.3) is 0 Å². The molecule has 3 heteroatoms. The van der Waals surface area contributed by atoms with E-state index in [1.165, 1.54) is 6.07 Å². The number of hydrogen-bond donors (Lipinski definition) is 1. The number of hydrogen-bond acceptors (Lipinski definition) is 1. The second-order valence-corrected chi connectivity index (χ2v) is 4.33. The van der Waals surface area contributed by atoms with Crippen molar-refractivity contribution in [3.8, 4) is 0 Å². The molecule has 1 unspecified atom stereocenters. The van der Waals surface area contributed by atoms with Gasteiger partial charge in [-0.2, -0.15) is 0 Å². The monoisotopic (exact) mass is 243 g/mol. The fourth-order valence-corrected chi connectivity index (χ4v) is 1.89. The second-order valence-electron chi connectivity index (χ2n) is 3.93. The Bertz CT molecular complexity index is 328. The van der Waals surface area contributed by atoms with E-state index in [2.05, 4.69) is 19.2 Å². The van der Waals surface area contributed by atoms with Gasteiger partial charge in [0, 0.05) is 6.04 Å². The Kier molecular flexibility index (Phi) is 5.78. The molecule has 1 N–H and O–H groups in total. The summed E-state index contributed by atoms with van der Waals surface area (Å²) < 4.78 is 13.3. The lowest BCUT2D eigenvalue weighted by atomic mass is 10.0. The zero-order valence-corrected chi connectivity index (χ0v) is 10.6. The third-order valence-electron chi connectivity index (χ3n) is 2.64. The Labute approximate surface area is 102 Å². The van der Waals surface area contributed by atoms with Gasteiger partial charge in [0.2, 0.25) is 0 Å². The third kappa shape index (κ3) is 3.76. The van der Waals surface area contributed by atoms with Crippen molar-refractivity contribution in [3.05, 3.63) is 34.6 Å². The Morgan fingerprint density at radius 1 is 1.38 bits per heavy atom. The van der Waals surface area contributed by atoms with Crippen LogP contribution >= 0.6 is 11.6 Å². The van der Waals surface area contributed by atoms with Gasteiger partial charge in [-0.15, -0.1) is 0 Å². The normalized spacial score (nSPS) is 12.8. The van der Waals surface area contributed by atoms with E-state index in [-0.39, 0.29) is 16.9 Å². The molecule has 0 aromatic heterocycles. The zero-order valence-electron chi connectivity index (χ0n) is 9.89. The smallest absolute Gasteiger partial charge is 0.142 e. The molecule has 0 aliphatic heterocycles. The molecule has 0 saturated heterocycles. The molecule has 0 heterocycles. The molecule has 90 valence electrons. The average molecular weight is 244 g/mol. The van der Waals surface area contributed by atoms with Gasteiger partial charge in [-0.1, -0.05) is 44.4 Å². The number of nitrogens with one attached hydrogen (secondary N) is 1. The van der Waals surface area contributed by atoms with E-state index in [0.29, 0.717) is 0 Å². The number of benzene rings is 1. The fourth-order valence-electron chi connectivity index (χ4n) is 1.77. The summed E-state index contributed by atoms with van der Waals surface area (Å²) in [6.07, 6.45) is 3.32. The molecule has 1 aromatic rings. The van der Waals surface area contributed by atoms with E-state index in [9.17, 15) is 4.39 Å².